The van der Waals surface area contributed by atoms with Gasteiger partial charge < -0.3 is 10.6 Å². The molecule has 5 heteroatoms. The summed E-state index contributed by atoms with van der Waals surface area (Å²) in [5, 5.41) is 4.25. The highest BCUT2D eigenvalue weighted by Crippen LogP contribution is 2.21. The monoisotopic (exact) mass is 253 g/mol. The largest absolute Gasteiger partial charge is 0.329 e. The predicted octanol–water partition coefficient (Wildman–Crippen LogP) is 0.692. The van der Waals surface area contributed by atoms with E-state index in [9.17, 15) is 0 Å². The molecule has 104 valence electrons. The summed E-state index contributed by atoms with van der Waals surface area (Å²) in [5.74, 6) is 0. The predicted molar refractivity (Wildman–Crippen MR) is 75.4 cm³/mol. The van der Waals surface area contributed by atoms with E-state index in [1.165, 1.54) is 5.56 Å². The van der Waals surface area contributed by atoms with E-state index >= 15 is 0 Å². The molecule has 0 aliphatic heterocycles. The molecule has 0 aromatic carbocycles. The fourth-order valence-electron chi connectivity index (χ4n) is 2.55. The normalized spacial score (nSPS) is 15.3. The highest BCUT2D eigenvalue weighted by molar-refractivity contribution is 5.11. The van der Waals surface area contributed by atoms with E-state index in [1.807, 2.05) is 17.9 Å². The van der Waals surface area contributed by atoms with Gasteiger partial charge in [-0.15, -0.1) is 0 Å². The smallest absolute Gasteiger partial charge is 0.0538 e. The number of nitrogens with two attached hydrogens (primary N) is 1. The van der Waals surface area contributed by atoms with Crippen LogP contribution in [-0.4, -0.2) is 59.4 Å². The molecule has 0 saturated heterocycles. The zero-order valence-electron chi connectivity index (χ0n) is 12.3. The SMILES string of the molecule is CCN(C(C)CN(C)C)C(CN)c1cnn(C)c1. The number of rotatable bonds is 7. The van der Waals surface area contributed by atoms with Crippen LogP contribution >= 0.6 is 0 Å². The van der Waals surface area contributed by atoms with E-state index in [0.717, 1.165) is 13.1 Å². The molecule has 5 nitrogen and oxygen atoms in total. The second-order valence-electron chi connectivity index (χ2n) is 5.14. The Morgan fingerprint density at radius 1 is 1.44 bits per heavy atom. The molecule has 0 aliphatic carbocycles. The maximum Gasteiger partial charge on any atom is 0.0538 e. The van der Waals surface area contributed by atoms with Crippen molar-refractivity contribution in [3.8, 4) is 0 Å². The third kappa shape index (κ3) is 3.80. The number of nitrogens with zero attached hydrogens (tertiary/aromatic N) is 4. The summed E-state index contributed by atoms with van der Waals surface area (Å²) in [5.41, 5.74) is 7.17. The number of aryl methyl sites for hydroxylation is 1. The summed E-state index contributed by atoms with van der Waals surface area (Å²) in [6.07, 6.45) is 3.98. The van der Waals surface area contributed by atoms with Gasteiger partial charge in [0.25, 0.3) is 0 Å². The van der Waals surface area contributed by atoms with Crippen LogP contribution in [0.1, 0.15) is 25.5 Å². The molecule has 0 amide bonds. The standard InChI is InChI=1S/C13H27N5/c1-6-18(11(2)9-16(3)4)13(7-14)12-8-15-17(5)10-12/h8,10-11,13H,6-7,9,14H2,1-5H3. The summed E-state index contributed by atoms with van der Waals surface area (Å²) in [4.78, 5) is 4.65. The highest BCUT2D eigenvalue weighted by Gasteiger charge is 2.23. The van der Waals surface area contributed by atoms with Crippen molar-refractivity contribution in [2.45, 2.75) is 25.9 Å². The van der Waals surface area contributed by atoms with Crippen LogP contribution < -0.4 is 5.73 Å². The minimum absolute atomic E-state index is 0.249. The molecule has 0 bridgehead atoms. The average molecular weight is 253 g/mol. The second-order valence-corrected chi connectivity index (χ2v) is 5.14. The first-order valence-electron chi connectivity index (χ1n) is 6.58. The minimum Gasteiger partial charge on any atom is -0.329 e. The van der Waals surface area contributed by atoms with Gasteiger partial charge in [-0.05, 0) is 27.6 Å². The van der Waals surface area contributed by atoms with Crippen LogP contribution in [0, 0.1) is 0 Å². The zero-order chi connectivity index (χ0) is 13.7. The first-order chi connectivity index (χ1) is 8.49. The maximum atomic E-state index is 5.97. The van der Waals surface area contributed by atoms with Crippen LogP contribution in [0.4, 0.5) is 0 Å². The van der Waals surface area contributed by atoms with Crippen LogP contribution in [0.2, 0.25) is 0 Å². The molecule has 0 spiro atoms. The van der Waals surface area contributed by atoms with Gasteiger partial charge in [0.1, 0.15) is 0 Å². The van der Waals surface area contributed by atoms with Gasteiger partial charge in [0.05, 0.1) is 12.2 Å². The van der Waals surface area contributed by atoms with Crippen molar-refractivity contribution in [1.82, 2.24) is 19.6 Å². The lowest BCUT2D eigenvalue weighted by molar-refractivity contribution is 0.131. The molecule has 0 radical (unpaired) electrons. The van der Waals surface area contributed by atoms with Crippen LogP contribution in [-0.2, 0) is 7.05 Å². The van der Waals surface area contributed by atoms with Crippen LogP contribution in [0.3, 0.4) is 0 Å². The molecular weight excluding hydrogens is 226 g/mol. The van der Waals surface area contributed by atoms with E-state index in [2.05, 4.69) is 49.0 Å². The van der Waals surface area contributed by atoms with E-state index in [0.29, 0.717) is 12.6 Å². The van der Waals surface area contributed by atoms with Gasteiger partial charge in [-0.1, -0.05) is 6.92 Å². The summed E-state index contributed by atoms with van der Waals surface area (Å²) in [6, 6.07) is 0.720. The Hall–Kier alpha value is -0.910. The lowest BCUT2D eigenvalue weighted by Crippen LogP contribution is -2.44. The van der Waals surface area contributed by atoms with Gasteiger partial charge >= 0.3 is 0 Å². The summed E-state index contributed by atoms with van der Waals surface area (Å²) < 4.78 is 1.84. The molecule has 1 rings (SSSR count). The molecule has 1 aromatic heterocycles. The number of hydrogen-bond donors (Lipinski definition) is 1. The van der Waals surface area contributed by atoms with Crippen LogP contribution in [0.5, 0.6) is 0 Å². The van der Waals surface area contributed by atoms with Crippen LogP contribution in [0.25, 0.3) is 0 Å². The lowest BCUT2D eigenvalue weighted by atomic mass is 10.1. The van der Waals surface area contributed by atoms with Gasteiger partial charge in [0.2, 0.25) is 0 Å². The fourth-order valence-corrected chi connectivity index (χ4v) is 2.55. The summed E-state index contributed by atoms with van der Waals surface area (Å²) in [7, 11) is 6.15. The van der Waals surface area contributed by atoms with Crippen molar-refractivity contribution in [2.24, 2.45) is 12.8 Å². The van der Waals surface area contributed by atoms with Crippen molar-refractivity contribution < 1.29 is 0 Å². The van der Waals surface area contributed by atoms with E-state index in [4.69, 9.17) is 5.73 Å². The summed E-state index contributed by atoms with van der Waals surface area (Å²) >= 11 is 0. The quantitative estimate of drug-likeness (QED) is 0.777. The third-order valence-corrected chi connectivity index (χ3v) is 3.29. The topological polar surface area (TPSA) is 50.3 Å². The van der Waals surface area contributed by atoms with Crippen molar-refractivity contribution in [3.05, 3.63) is 18.0 Å². The Balaban J connectivity index is 2.83. The Labute approximate surface area is 111 Å². The maximum absolute atomic E-state index is 5.97. The van der Waals surface area contributed by atoms with E-state index in [-0.39, 0.29) is 6.04 Å². The second kappa shape index (κ2) is 6.87. The molecule has 0 fully saturated rings. The Morgan fingerprint density at radius 2 is 2.11 bits per heavy atom. The molecule has 2 atom stereocenters. The molecule has 0 saturated carbocycles. The Bertz CT molecular complexity index is 347. The zero-order valence-corrected chi connectivity index (χ0v) is 12.3. The molecule has 0 aliphatic rings. The van der Waals surface area contributed by atoms with Crippen molar-refractivity contribution in [2.75, 3.05) is 33.7 Å². The number of aromatic nitrogens is 2. The molecule has 2 unspecified atom stereocenters. The molecular formula is C13H27N5. The van der Waals surface area contributed by atoms with Gasteiger partial charge in [-0.3, -0.25) is 9.58 Å². The van der Waals surface area contributed by atoms with Crippen molar-refractivity contribution in [3.63, 3.8) is 0 Å². The lowest BCUT2D eigenvalue weighted by Gasteiger charge is -2.36. The minimum atomic E-state index is 0.249. The number of likely N-dealkylation sites (N-methyl/N-ethyl adjacent to an activating group) is 2. The Kier molecular flexibility index (Phi) is 5.78. The Morgan fingerprint density at radius 3 is 2.50 bits per heavy atom. The average Bonchev–Trinajstić information content (AvgIpc) is 2.71. The molecule has 1 heterocycles. The van der Waals surface area contributed by atoms with Crippen molar-refractivity contribution in [1.29, 1.82) is 0 Å². The highest BCUT2D eigenvalue weighted by atomic mass is 15.3. The van der Waals surface area contributed by atoms with Crippen LogP contribution in [0.15, 0.2) is 12.4 Å². The first-order valence-corrected chi connectivity index (χ1v) is 6.58. The first kappa shape index (κ1) is 15.1. The van der Waals surface area contributed by atoms with Crippen molar-refractivity contribution >= 4 is 0 Å². The van der Waals surface area contributed by atoms with E-state index in [1.54, 1.807) is 0 Å². The number of hydrogen-bond acceptors (Lipinski definition) is 4. The van der Waals surface area contributed by atoms with Gasteiger partial charge in [0.15, 0.2) is 0 Å². The molecule has 2 N–H and O–H groups in total. The van der Waals surface area contributed by atoms with Gasteiger partial charge in [-0.25, -0.2) is 0 Å². The fraction of sp³-hybridized carbons (Fsp3) is 0.769. The van der Waals surface area contributed by atoms with Gasteiger partial charge in [0, 0.05) is 37.9 Å². The van der Waals surface area contributed by atoms with E-state index < -0.39 is 0 Å². The van der Waals surface area contributed by atoms with Gasteiger partial charge in [-0.2, -0.15) is 5.10 Å². The molecule has 18 heavy (non-hydrogen) atoms. The molecule has 1 aromatic rings. The third-order valence-electron chi connectivity index (χ3n) is 3.29. The summed E-state index contributed by atoms with van der Waals surface area (Å²) in [6.45, 7) is 7.08.